The summed E-state index contributed by atoms with van der Waals surface area (Å²) in [5.41, 5.74) is -1.64. The molecule has 0 aromatic heterocycles. The predicted molar refractivity (Wildman–Crippen MR) is 56.3 cm³/mol. The van der Waals surface area contributed by atoms with Gasteiger partial charge in [0.25, 0.3) is 0 Å². The molecule has 0 spiro atoms. The van der Waals surface area contributed by atoms with E-state index in [0.29, 0.717) is 0 Å². The average Bonchev–Trinajstić information content (AvgIpc) is 3.03. The highest BCUT2D eigenvalue weighted by Crippen LogP contribution is 2.47. The Morgan fingerprint density at radius 2 is 1.81 bits per heavy atom. The van der Waals surface area contributed by atoms with Crippen molar-refractivity contribution in [2.45, 2.75) is 25.4 Å². The van der Waals surface area contributed by atoms with E-state index >= 15 is 0 Å². The van der Waals surface area contributed by atoms with Gasteiger partial charge in [0.1, 0.15) is 0 Å². The van der Waals surface area contributed by atoms with Gasteiger partial charge in [-0.1, -0.05) is 0 Å². The zero-order chi connectivity index (χ0) is 12.1. The van der Waals surface area contributed by atoms with Crippen molar-refractivity contribution < 1.29 is 18.3 Å². The van der Waals surface area contributed by atoms with E-state index in [1.165, 1.54) is 6.92 Å². The molecule has 0 saturated heterocycles. The lowest BCUT2D eigenvalue weighted by atomic mass is 9.90. The van der Waals surface area contributed by atoms with Crippen molar-refractivity contribution in [1.29, 1.82) is 0 Å². The van der Waals surface area contributed by atoms with Gasteiger partial charge in [0.15, 0.2) is 17.5 Å². The molecule has 1 saturated carbocycles. The van der Waals surface area contributed by atoms with Crippen molar-refractivity contribution in [3.63, 3.8) is 0 Å². The number of hydrogen-bond donors (Lipinski definition) is 1. The highest BCUT2D eigenvalue weighted by molar-refractivity contribution is 9.10. The largest absolute Gasteiger partial charge is 0.385 e. The third kappa shape index (κ3) is 1.76. The maximum Gasteiger partial charge on any atom is 0.195 e. The van der Waals surface area contributed by atoms with E-state index in [1.807, 2.05) is 0 Å². The average molecular weight is 295 g/mol. The number of rotatable bonds is 2. The molecule has 1 aliphatic rings. The molecule has 1 atom stereocenters. The lowest BCUT2D eigenvalue weighted by Gasteiger charge is -2.24. The van der Waals surface area contributed by atoms with Crippen LogP contribution in [0.25, 0.3) is 0 Å². The minimum Gasteiger partial charge on any atom is -0.385 e. The Bertz CT molecular complexity index is 441. The maximum atomic E-state index is 13.5. The molecule has 0 amide bonds. The van der Waals surface area contributed by atoms with Gasteiger partial charge < -0.3 is 5.11 Å². The van der Waals surface area contributed by atoms with Crippen molar-refractivity contribution >= 4 is 15.9 Å². The van der Waals surface area contributed by atoms with Gasteiger partial charge in [-0.15, -0.1) is 0 Å². The number of halogens is 4. The molecular weight excluding hydrogens is 285 g/mol. The molecule has 2 rings (SSSR count). The van der Waals surface area contributed by atoms with Gasteiger partial charge in [-0.2, -0.15) is 0 Å². The van der Waals surface area contributed by atoms with Gasteiger partial charge in [-0.05, 0) is 47.7 Å². The van der Waals surface area contributed by atoms with Crippen LogP contribution in [0.1, 0.15) is 25.3 Å². The molecule has 1 aromatic rings. The minimum atomic E-state index is -1.55. The van der Waals surface area contributed by atoms with Crippen LogP contribution in [0.5, 0.6) is 0 Å². The fourth-order valence-corrected chi connectivity index (χ4v) is 2.21. The molecule has 16 heavy (non-hydrogen) atoms. The van der Waals surface area contributed by atoms with Gasteiger partial charge in [-0.3, -0.25) is 0 Å². The van der Waals surface area contributed by atoms with Crippen LogP contribution in [0, 0.1) is 23.4 Å². The molecule has 1 unspecified atom stereocenters. The number of aliphatic hydroxyl groups is 1. The van der Waals surface area contributed by atoms with Gasteiger partial charge >= 0.3 is 0 Å². The Hall–Kier alpha value is -0.550. The zero-order valence-electron chi connectivity index (χ0n) is 8.53. The van der Waals surface area contributed by atoms with Crippen molar-refractivity contribution in [2.24, 2.45) is 5.92 Å². The van der Waals surface area contributed by atoms with Gasteiger partial charge in [0.05, 0.1) is 10.1 Å². The van der Waals surface area contributed by atoms with Crippen LogP contribution in [0.3, 0.4) is 0 Å². The van der Waals surface area contributed by atoms with Gasteiger partial charge in [0.2, 0.25) is 0 Å². The quantitative estimate of drug-likeness (QED) is 0.654. The summed E-state index contributed by atoms with van der Waals surface area (Å²) >= 11 is 2.80. The summed E-state index contributed by atoms with van der Waals surface area (Å²) in [5.74, 6) is -4.21. The van der Waals surface area contributed by atoms with Crippen LogP contribution in [0.2, 0.25) is 0 Å². The highest BCUT2D eigenvalue weighted by atomic mass is 79.9. The zero-order valence-corrected chi connectivity index (χ0v) is 10.1. The molecule has 0 bridgehead atoms. The number of hydrogen-bond acceptors (Lipinski definition) is 1. The first-order chi connectivity index (χ1) is 7.35. The Balaban J connectivity index is 2.57. The summed E-state index contributed by atoms with van der Waals surface area (Å²) < 4.78 is 39.6. The van der Waals surface area contributed by atoms with Crippen LogP contribution in [0.15, 0.2) is 10.5 Å². The van der Waals surface area contributed by atoms with Crippen LogP contribution in [-0.4, -0.2) is 5.11 Å². The Labute approximate surface area is 99.4 Å². The summed E-state index contributed by atoms with van der Waals surface area (Å²) in [7, 11) is 0. The Morgan fingerprint density at radius 3 is 2.31 bits per heavy atom. The van der Waals surface area contributed by atoms with Crippen molar-refractivity contribution in [2.75, 3.05) is 0 Å². The van der Waals surface area contributed by atoms with Crippen LogP contribution >= 0.6 is 15.9 Å². The molecule has 1 fully saturated rings. The molecule has 88 valence electrons. The van der Waals surface area contributed by atoms with E-state index in [4.69, 9.17) is 0 Å². The second kappa shape index (κ2) is 3.74. The standard InChI is InChI=1S/C11H10BrF3O/c1-11(16,5-2-3-5)6-4-7(12)9(14)10(15)8(6)13/h4-5,16H,2-3H2,1H3. The maximum absolute atomic E-state index is 13.5. The lowest BCUT2D eigenvalue weighted by Crippen LogP contribution is -2.26. The third-order valence-corrected chi connectivity index (χ3v) is 3.60. The molecule has 0 aliphatic heterocycles. The normalized spacial score (nSPS) is 19.6. The van der Waals surface area contributed by atoms with E-state index in [-0.39, 0.29) is 16.0 Å². The first-order valence-electron chi connectivity index (χ1n) is 4.91. The van der Waals surface area contributed by atoms with E-state index in [1.54, 1.807) is 0 Å². The molecule has 1 aromatic carbocycles. The SMILES string of the molecule is CC(O)(c1cc(Br)c(F)c(F)c1F)C1CC1. The molecular formula is C11H10BrF3O. The number of benzene rings is 1. The lowest BCUT2D eigenvalue weighted by molar-refractivity contribution is 0.0285. The molecule has 0 radical (unpaired) electrons. The first-order valence-corrected chi connectivity index (χ1v) is 5.71. The van der Waals surface area contributed by atoms with Crippen molar-refractivity contribution in [3.8, 4) is 0 Å². The van der Waals surface area contributed by atoms with Crippen LogP contribution in [0.4, 0.5) is 13.2 Å². The minimum absolute atomic E-state index is 0.0845. The molecule has 1 nitrogen and oxygen atoms in total. The third-order valence-electron chi connectivity index (χ3n) is 3.02. The molecule has 0 heterocycles. The second-order valence-electron chi connectivity index (χ2n) is 4.27. The summed E-state index contributed by atoms with van der Waals surface area (Å²) in [6.07, 6.45) is 1.53. The van der Waals surface area contributed by atoms with Crippen molar-refractivity contribution in [3.05, 3.63) is 33.6 Å². The van der Waals surface area contributed by atoms with Crippen LogP contribution in [-0.2, 0) is 5.60 Å². The first kappa shape index (κ1) is 11.9. The van der Waals surface area contributed by atoms with Gasteiger partial charge in [0, 0.05) is 5.56 Å². The fourth-order valence-electron chi connectivity index (χ4n) is 1.81. The summed E-state index contributed by atoms with van der Waals surface area (Å²) in [6, 6.07) is 1.10. The second-order valence-corrected chi connectivity index (χ2v) is 5.12. The summed E-state index contributed by atoms with van der Waals surface area (Å²) in [6.45, 7) is 1.42. The van der Waals surface area contributed by atoms with E-state index in [0.717, 1.165) is 18.9 Å². The molecule has 1 aliphatic carbocycles. The van der Waals surface area contributed by atoms with E-state index < -0.39 is 23.1 Å². The van der Waals surface area contributed by atoms with E-state index in [9.17, 15) is 18.3 Å². The predicted octanol–water partition coefficient (Wildman–Crippen LogP) is 3.48. The van der Waals surface area contributed by atoms with Crippen molar-refractivity contribution in [1.82, 2.24) is 0 Å². The smallest absolute Gasteiger partial charge is 0.195 e. The monoisotopic (exact) mass is 294 g/mol. The Kier molecular flexibility index (Phi) is 2.78. The summed E-state index contributed by atoms with van der Waals surface area (Å²) in [4.78, 5) is 0. The molecule has 5 heteroatoms. The topological polar surface area (TPSA) is 20.2 Å². The van der Waals surface area contributed by atoms with E-state index in [2.05, 4.69) is 15.9 Å². The highest BCUT2D eigenvalue weighted by Gasteiger charge is 2.43. The molecule has 1 N–H and O–H groups in total. The summed E-state index contributed by atoms with van der Waals surface area (Å²) in [5, 5.41) is 10.1. The van der Waals surface area contributed by atoms with Crippen LogP contribution < -0.4 is 0 Å². The van der Waals surface area contributed by atoms with Gasteiger partial charge in [-0.25, -0.2) is 13.2 Å². The Morgan fingerprint density at radius 1 is 1.25 bits per heavy atom. The fraction of sp³-hybridized carbons (Fsp3) is 0.455.